The standard InChI is InChI=1S/C24H34O4Si2.C24H34O3Si2/c1-29(2,20-13-9-6-10-14-20)28-30(3,4)22-15-23-24(18-25,27-23)21(22)17-26-16-19-11-7-5-8-12-19;1-28(2,22-13-9-6-10-14-22)27-29(3,4)24-16-15-21(17-25)23(24)19-26-18-20-11-7-5-8-12-20/h5-14,21-23,25H,15-18H2,1-4H3;5-15,23-25H,16-19H2,1-4H3/t21-,22+,23-,24+;23-,24-/m10/s1. The normalized spacial score (nSPS) is 24.2. The molecule has 1 saturated carbocycles. The number of epoxide rings is 1. The minimum absolute atomic E-state index is 0.0670. The molecule has 11 heteroatoms. The molecule has 0 amide bonds. The van der Waals surface area contributed by atoms with E-state index < -0.39 is 38.9 Å². The zero-order chi connectivity index (χ0) is 42.3. The van der Waals surface area contributed by atoms with Crippen LogP contribution in [0.15, 0.2) is 133 Å². The molecule has 3 aliphatic rings. The van der Waals surface area contributed by atoms with Crippen molar-refractivity contribution in [3.05, 3.63) is 144 Å². The summed E-state index contributed by atoms with van der Waals surface area (Å²) in [6.07, 6.45) is 4.32. The summed E-state index contributed by atoms with van der Waals surface area (Å²) in [6, 6.07) is 41.8. The molecule has 2 fully saturated rings. The molecule has 2 N–H and O–H groups in total. The fourth-order valence-electron chi connectivity index (χ4n) is 9.87. The molecule has 1 aliphatic heterocycles. The summed E-state index contributed by atoms with van der Waals surface area (Å²) < 4.78 is 32.3. The molecule has 59 heavy (non-hydrogen) atoms. The summed E-state index contributed by atoms with van der Waals surface area (Å²) in [5.41, 5.74) is 3.88. The maximum Gasteiger partial charge on any atom is 0.205 e. The number of hydrogen-bond donors (Lipinski definition) is 2. The van der Waals surface area contributed by atoms with Crippen LogP contribution >= 0.6 is 0 Å². The van der Waals surface area contributed by atoms with E-state index in [2.05, 4.69) is 143 Å². The van der Waals surface area contributed by atoms with Crippen LogP contribution in [-0.4, -0.2) is 81.6 Å². The van der Waals surface area contributed by atoms with Crippen LogP contribution in [-0.2, 0) is 35.7 Å². The van der Waals surface area contributed by atoms with Gasteiger partial charge in [0.25, 0.3) is 0 Å². The fourth-order valence-corrected chi connectivity index (χ4v) is 28.6. The lowest BCUT2D eigenvalue weighted by Crippen LogP contribution is -2.55. The first-order valence-electron chi connectivity index (χ1n) is 21.4. The Morgan fingerprint density at radius 3 is 1.49 bits per heavy atom. The third-order valence-electron chi connectivity index (χ3n) is 13.0. The second-order valence-corrected chi connectivity index (χ2v) is 35.4. The van der Waals surface area contributed by atoms with Crippen LogP contribution in [0, 0.1) is 11.8 Å². The molecule has 0 aromatic heterocycles. The smallest absolute Gasteiger partial charge is 0.205 e. The number of ether oxygens (including phenoxy) is 3. The minimum Gasteiger partial charge on any atom is -0.452 e. The lowest BCUT2D eigenvalue weighted by molar-refractivity contribution is 0.0265. The van der Waals surface area contributed by atoms with Crippen LogP contribution in [0.5, 0.6) is 0 Å². The molecule has 4 aromatic rings. The Hall–Kier alpha value is -2.79. The van der Waals surface area contributed by atoms with Gasteiger partial charge in [-0.1, -0.05) is 127 Å². The van der Waals surface area contributed by atoms with Gasteiger partial charge < -0.3 is 32.7 Å². The quantitative estimate of drug-likeness (QED) is 0.0587. The number of allylic oxidation sites excluding steroid dienone is 1. The van der Waals surface area contributed by atoms with E-state index in [-0.39, 0.29) is 31.2 Å². The van der Waals surface area contributed by atoms with E-state index >= 15 is 0 Å². The van der Waals surface area contributed by atoms with Gasteiger partial charge in [-0.3, -0.25) is 0 Å². The number of rotatable bonds is 18. The van der Waals surface area contributed by atoms with Gasteiger partial charge in [-0.25, -0.2) is 0 Å². The number of aliphatic hydroxyl groups excluding tert-OH is 2. The minimum atomic E-state index is -2.06. The molecule has 1 heterocycles. The second-order valence-electron chi connectivity index (χ2n) is 18.7. The molecule has 0 spiro atoms. The SMILES string of the molecule is C[Si](C)(O[Si](C)(C)[C@H]1CC=C(CO)[C@@H]1COCc1ccccc1)c1ccccc1.C[Si](C)(O[Si](C)(C)[C@H]1C[C@H]2O[C@@]2(CO)[C@@H]1COCc1ccccc1)c1ccccc1. The first kappa shape index (κ1) is 45.7. The number of hydrogen-bond acceptors (Lipinski definition) is 7. The lowest BCUT2D eigenvalue weighted by atomic mass is 9.96. The van der Waals surface area contributed by atoms with Crippen molar-refractivity contribution in [2.24, 2.45) is 11.8 Å². The van der Waals surface area contributed by atoms with Crippen molar-refractivity contribution >= 4 is 43.6 Å². The summed E-state index contributed by atoms with van der Waals surface area (Å²) >= 11 is 0. The number of benzene rings is 4. The molecule has 2 aliphatic carbocycles. The average molecular weight is 869 g/mol. The Labute approximate surface area is 358 Å². The van der Waals surface area contributed by atoms with Gasteiger partial charge in [-0.2, -0.15) is 0 Å². The van der Waals surface area contributed by atoms with E-state index in [9.17, 15) is 10.2 Å². The predicted molar refractivity (Wildman–Crippen MR) is 250 cm³/mol. The largest absolute Gasteiger partial charge is 0.452 e. The third-order valence-corrected chi connectivity index (χ3v) is 29.6. The van der Waals surface area contributed by atoms with Crippen molar-refractivity contribution in [3.63, 3.8) is 0 Å². The molecule has 318 valence electrons. The van der Waals surface area contributed by atoms with Crippen LogP contribution in [0.25, 0.3) is 0 Å². The van der Waals surface area contributed by atoms with Gasteiger partial charge in [0.15, 0.2) is 16.6 Å². The highest BCUT2D eigenvalue weighted by Gasteiger charge is 2.71. The van der Waals surface area contributed by atoms with Gasteiger partial charge in [-0.15, -0.1) is 0 Å². The highest BCUT2D eigenvalue weighted by molar-refractivity contribution is 6.93. The highest BCUT2D eigenvalue weighted by atomic mass is 28.4. The fraction of sp³-hybridized carbons (Fsp3) is 0.458. The molecule has 6 atom stereocenters. The van der Waals surface area contributed by atoms with Crippen LogP contribution in [0.3, 0.4) is 0 Å². The van der Waals surface area contributed by atoms with Gasteiger partial charge >= 0.3 is 0 Å². The molecule has 7 nitrogen and oxygen atoms in total. The topological polar surface area (TPSA) is 89.9 Å². The molecule has 7 rings (SSSR count). The highest BCUT2D eigenvalue weighted by Crippen LogP contribution is 2.61. The summed E-state index contributed by atoms with van der Waals surface area (Å²) in [5, 5.41) is 22.7. The monoisotopic (exact) mass is 868 g/mol. The van der Waals surface area contributed by atoms with Crippen molar-refractivity contribution in [2.45, 2.75) is 101 Å². The van der Waals surface area contributed by atoms with Crippen molar-refractivity contribution in [1.29, 1.82) is 0 Å². The van der Waals surface area contributed by atoms with E-state index in [4.69, 9.17) is 22.4 Å². The maximum absolute atomic E-state index is 10.2. The van der Waals surface area contributed by atoms with Crippen LogP contribution in [0.4, 0.5) is 0 Å². The Morgan fingerprint density at radius 1 is 0.593 bits per heavy atom. The average Bonchev–Trinajstić information content (AvgIpc) is 3.61. The molecule has 0 unspecified atom stereocenters. The molecular formula is C48H68O7Si4. The molecule has 0 bridgehead atoms. The van der Waals surface area contributed by atoms with Crippen LogP contribution in [0.2, 0.25) is 63.5 Å². The summed E-state index contributed by atoms with van der Waals surface area (Å²) in [7, 11) is -8.10. The molecule has 1 saturated heterocycles. The number of fused-ring (bicyclic) bond motifs is 1. The van der Waals surface area contributed by atoms with Crippen molar-refractivity contribution in [2.75, 3.05) is 26.4 Å². The first-order chi connectivity index (χ1) is 28.1. The van der Waals surface area contributed by atoms with E-state index in [1.54, 1.807) is 0 Å². The third kappa shape index (κ3) is 11.2. The summed E-state index contributed by atoms with van der Waals surface area (Å²) in [4.78, 5) is 0. The zero-order valence-corrected chi connectivity index (χ0v) is 40.6. The van der Waals surface area contributed by atoms with E-state index in [1.165, 1.54) is 21.5 Å². The van der Waals surface area contributed by atoms with Gasteiger partial charge in [-0.05, 0) is 103 Å². The first-order valence-corrected chi connectivity index (χ1v) is 33.2. The maximum atomic E-state index is 10.2. The molecule has 0 radical (unpaired) electrons. The van der Waals surface area contributed by atoms with Crippen molar-refractivity contribution in [1.82, 2.24) is 0 Å². The number of aliphatic hydroxyl groups is 2. The van der Waals surface area contributed by atoms with E-state index in [1.807, 2.05) is 36.4 Å². The van der Waals surface area contributed by atoms with Gasteiger partial charge in [0.05, 0.1) is 45.7 Å². The van der Waals surface area contributed by atoms with E-state index in [0.717, 1.165) is 18.4 Å². The second kappa shape index (κ2) is 19.5. The van der Waals surface area contributed by atoms with Gasteiger partial charge in [0.2, 0.25) is 16.6 Å². The lowest BCUT2D eigenvalue weighted by Gasteiger charge is -2.41. The Balaban J connectivity index is 0.000000199. The Morgan fingerprint density at radius 2 is 1.03 bits per heavy atom. The van der Waals surface area contributed by atoms with Gasteiger partial charge in [0, 0.05) is 11.8 Å². The molecule has 4 aromatic carbocycles. The summed E-state index contributed by atoms with van der Waals surface area (Å²) in [5.74, 6) is 0.421. The zero-order valence-electron chi connectivity index (χ0n) is 36.6. The summed E-state index contributed by atoms with van der Waals surface area (Å²) in [6.45, 7) is 21.2. The van der Waals surface area contributed by atoms with Gasteiger partial charge in [0.1, 0.15) is 5.60 Å². The predicted octanol–water partition coefficient (Wildman–Crippen LogP) is 8.90. The molecular weight excluding hydrogens is 801 g/mol. The van der Waals surface area contributed by atoms with Crippen LogP contribution < -0.4 is 10.4 Å². The van der Waals surface area contributed by atoms with E-state index in [0.29, 0.717) is 37.5 Å². The van der Waals surface area contributed by atoms with Crippen LogP contribution in [0.1, 0.15) is 24.0 Å². The van der Waals surface area contributed by atoms with Crippen molar-refractivity contribution < 1.29 is 32.7 Å². The van der Waals surface area contributed by atoms with Crippen molar-refractivity contribution in [3.8, 4) is 0 Å². The Bertz CT molecular complexity index is 1920. The Kier molecular flexibility index (Phi) is 15.1.